The lowest BCUT2D eigenvalue weighted by Crippen LogP contribution is -2.02. The quantitative estimate of drug-likeness (QED) is 0.454. The van der Waals surface area contributed by atoms with Crippen molar-refractivity contribution in [2.75, 3.05) is 0 Å². The van der Waals surface area contributed by atoms with E-state index in [0.717, 1.165) is 0 Å². The Hall–Kier alpha value is -0.260. The highest BCUT2D eigenvalue weighted by Gasteiger charge is 2.24. The lowest BCUT2D eigenvalue weighted by molar-refractivity contribution is 0.389. The van der Waals surface area contributed by atoms with Gasteiger partial charge >= 0.3 is 0 Å². The van der Waals surface area contributed by atoms with Crippen LogP contribution in [0, 0.1) is 5.41 Å². The number of hydrogen-bond donors (Lipinski definition) is 0. The van der Waals surface area contributed by atoms with Crippen molar-refractivity contribution in [1.82, 2.24) is 0 Å². The molecule has 0 unspecified atom stereocenters. The van der Waals surface area contributed by atoms with Crippen molar-refractivity contribution in [1.29, 1.82) is 0 Å². The van der Waals surface area contributed by atoms with Gasteiger partial charge in [-0.05, 0) is 24.7 Å². The summed E-state index contributed by atoms with van der Waals surface area (Å²) in [6.07, 6.45) is 5.09. The van der Waals surface area contributed by atoms with Crippen LogP contribution in [0.15, 0.2) is 12.2 Å². The Balaban J connectivity index is 0. The standard InChI is InChI=1S/C8H14.C3H8.C2H6/c1-7-4-5-8(2,3)6-7;1-3-2;1-2/h1,4-6H2,2-3H3;3H2,1-2H3;1-2H3. The molecule has 0 aromatic rings. The zero-order chi connectivity index (χ0) is 10.9. The van der Waals surface area contributed by atoms with Gasteiger partial charge in [0, 0.05) is 0 Å². The summed E-state index contributed by atoms with van der Waals surface area (Å²) in [5.41, 5.74) is 2.01. The zero-order valence-corrected chi connectivity index (χ0v) is 10.5. The highest BCUT2D eigenvalue weighted by atomic mass is 14.3. The van der Waals surface area contributed by atoms with Crippen LogP contribution in [0.1, 0.15) is 67.2 Å². The van der Waals surface area contributed by atoms with E-state index in [1.807, 2.05) is 13.8 Å². The van der Waals surface area contributed by atoms with Gasteiger partial charge in [0.15, 0.2) is 0 Å². The Morgan fingerprint density at radius 3 is 1.69 bits per heavy atom. The van der Waals surface area contributed by atoms with Crippen LogP contribution in [-0.4, -0.2) is 0 Å². The van der Waals surface area contributed by atoms with Gasteiger partial charge in [-0.15, -0.1) is 0 Å². The second-order valence-corrected chi connectivity index (χ2v) is 4.30. The van der Waals surface area contributed by atoms with Crippen LogP contribution < -0.4 is 0 Å². The summed E-state index contributed by atoms with van der Waals surface area (Å²) >= 11 is 0. The van der Waals surface area contributed by atoms with E-state index < -0.39 is 0 Å². The topological polar surface area (TPSA) is 0 Å². The fourth-order valence-corrected chi connectivity index (χ4v) is 1.37. The van der Waals surface area contributed by atoms with Crippen molar-refractivity contribution >= 4 is 0 Å². The maximum Gasteiger partial charge on any atom is -0.0271 e. The fourth-order valence-electron chi connectivity index (χ4n) is 1.37. The molecule has 0 nitrogen and oxygen atoms in total. The summed E-state index contributed by atoms with van der Waals surface area (Å²) in [4.78, 5) is 0. The highest BCUT2D eigenvalue weighted by molar-refractivity contribution is 5.05. The molecule has 0 amide bonds. The summed E-state index contributed by atoms with van der Waals surface area (Å²) in [5, 5.41) is 0. The first-order valence-electron chi connectivity index (χ1n) is 5.68. The predicted octanol–water partition coefficient (Wildman–Crippen LogP) is 5.20. The van der Waals surface area contributed by atoms with E-state index in [2.05, 4.69) is 34.3 Å². The molecule has 80 valence electrons. The minimum absolute atomic E-state index is 0.567. The molecule has 0 atom stereocenters. The molecule has 1 fully saturated rings. The van der Waals surface area contributed by atoms with Crippen molar-refractivity contribution in [3.05, 3.63) is 12.2 Å². The minimum atomic E-state index is 0.567. The van der Waals surface area contributed by atoms with Crippen LogP contribution in [0.4, 0.5) is 0 Å². The average molecular weight is 184 g/mol. The van der Waals surface area contributed by atoms with Crippen molar-refractivity contribution in [2.24, 2.45) is 5.41 Å². The van der Waals surface area contributed by atoms with Crippen LogP contribution in [0.2, 0.25) is 0 Å². The van der Waals surface area contributed by atoms with Crippen molar-refractivity contribution in [3.63, 3.8) is 0 Å². The molecule has 0 aromatic carbocycles. The van der Waals surface area contributed by atoms with Crippen LogP contribution in [-0.2, 0) is 0 Å². The first-order valence-corrected chi connectivity index (χ1v) is 5.68. The summed E-state index contributed by atoms with van der Waals surface area (Å²) in [6.45, 7) is 16.8. The van der Waals surface area contributed by atoms with E-state index in [4.69, 9.17) is 0 Å². The van der Waals surface area contributed by atoms with Crippen molar-refractivity contribution in [2.45, 2.75) is 67.2 Å². The highest BCUT2D eigenvalue weighted by Crippen LogP contribution is 2.39. The molecule has 1 rings (SSSR count). The smallest absolute Gasteiger partial charge is 0.0271 e. The summed E-state index contributed by atoms with van der Waals surface area (Å²) in [7, 11) is 0. The Morgan fingerprint density at radius 2 is 1.62 bits per heavy atom. The Kier molecular flexibility index (Phi) is 9.77. The SMILES string of the molecule is C=C1CCC(C)(C)C1.CC.CCC. The summed E-state index contributed by atoms with van der Waals surface area (Å²) < 4.78 is 0. The van der Waals surface area contributed by atoms with Gasteiger partial charge in [0.25, 0.3) is 0 Å². The second-order valence-electron chi connectivity index (χ2n) is 4.30. The monoisotopic (exact) mass is 184 g/mol. The Labute approximate surface area is 85.4 Å². The normalized spacial score (nSPS) is 18.2. The van der Waals surface area contributed by atoms with E-state index in [9.17, 15) is 0 Å². The van der Waals surface area contributed by atoms with Crippen molar-refractivity contribution in [3.8, 4) is 0 Å². The molecular weight excluding hydrogens is 156 g/mol. The molecule has 0 N–H and O–H groups in total. The van der Waals surface area contributed by atoms with Gasteiger partial charge < -0.3 is 0 Å². The molecule has 0 heteroatoms. The van der Waals surface area contributed by atoms with Gasteiger partial charge in [0.1, 0.15) is 0 Å². The summed E-state index contributed by atoms with van der Waals surface area (Å²) in [5.74, 6) is 0. The van der Waals surface area contributed by atoms with Gasteiger partial charge in [-0.3, -0.25) is 0 Å². The average Bonchev–Trinajstić information content (AvgIpc) is 2.35. The van der Waals surface area contributed by atoms with Crippen molar-refractivity contribution < 1.29 is 0 Å². The van der Waals surface area contributed by atoms with Gasteiger partial charge in [0.05, 0.1) is 0 Å². The first-order chi connectivity index (χ1) is 6.02. The molecule has 0 heterocycles. The molecule has 1 aliphatic rings. The molecule has 1 saturated carbocycles. The van der Waals surface area contributed by atoms with Crippen LogP contribution in [0.5, 0.6) is 0 Å². The predicted molar refractivity (Wildman–Crippen MR) is 64.1 cm³/mol. The maximum atomic E-state index is 3.95. The molecule has 0 aromatic heterocycles. The van der Waals surface area contributed by atoms with Gasteiger partial charge in [-0.25, -0.2) is 0 Å². The number of allylic oxidation sites excluding steroid dienone is 1. The molecule has 0 aliphatic heterocycles. The Bertz CT molecular complexity index is 120. The molecule has 0 radical (unpaired) electrons. The fraction of sp³-hybridized carbons (Fsp3) is 0.846. The third-order valence-corrected chi connectivity index (χ3v) is 1.88. The van der Waals surface area contributed by atoms with E-state index in [1.165, 1.54) is 31.3 Å². The zero-order valence-electron chi connectivity index (χ0n) is 10.5. The largest absolute Gasteiger partial charge is 0.0998 e. The molecular formula is C13H28. The maximum absolute atomic E-state index is 3.95. The number of hydrogen-bond acceptors (Lipinski definition) is 0. The van der Waals surface area contributed by atoms with Crippen LogP contribution >= 0.6 is 0 Å². The van der Waals surface area contributed by atoms with Crippen LogP contribution in [0.3, 0.4) is 0 Å². The third kappa shape index (κ3) is 9.66. The van der Waals surface area contributed by atoms with Crippen LogP contribution in [0.25, 0.3) is 0 Å². The number of rotatable bonds is 0. The van der Waals surface area contributed by atoms with Gasteiger partial charge in [-0.2, -0.15) is 0 Å². The first kappa shape index (κ1) is 15.2. The van der Waals surface area contributed by atoms with E-state index in [1.54, 1.807) is 0 Å². The molecule has 1 aliphatic carbocycles. The summed E-state index contributed by atoms with van der Waals surface area (Å²) in [6, 6.07) is 0. The lowest BCUT2D eigenvalue weighted by Gasteiger charge is -2.13. The molecule has 13 heavy (non-hydrogen) atoms. The lowest BCUT2D eigenvalue weighted by atomic mass is 9.92. The second kappa shape index (κ2) is 8.34. The van der Waals surface area contributed by atoms with E-state index >= 15 is 0 Å². The van der Waals surface area contributed by atoms with E-state index in [0.29, 0.717) is 5.41 Å². The third-order valence-electron chi connectivity index (χ3n) is 1.88. The Morgan fingerprint density at radius 1 is 1.23 bits per heavy atom. The minimum Gasteiger partial charge on any atom is -0.0998 e. The van der Waals surface area contributed by atoms with Gasteiger partial charge in [0.2, 0.25) is 0 Å². The van der Waals surface area contributed by atoms with Gasteiger partial charge in [-0.1, -0.05) is 60.1 Å². The van der Waals surface area contributed by atoms with E-state index in [-0.39, 0.29) is 0 Å². The molecule has 0 spiro atoms. The molecule has 0 bridgehead atoms. The molecule has 0 saturated heterocycles.